The fourth-order valence-corrected chi connectivity index (χ4v) is 3.04. The molecule has 1 heteroatoms. The van der Waals surface area contributed by atoms with Crippen LogP contribution in [-0.2, 0) is 0 Å². The first-order chi connectivity index (χ1) is 9.52. The van der Waals surface area contributed by atoms with E-state index < -0.39 is 0 Å². The molecule has 1 aromatic rings. The van der Waals surface area contributed by atoms with Gasteiger partial charge in [-0.1, -0.05) is 39.2 Å². The lowest BCUT2D eigenvalue weighted by molar-refractivity contribution is 0.471. The van der Waals surface area contributed by atoms with Gasteiger partial charge < -0.3 is 5.32 Å². The van der Waals surface area contributed by atoms with E-state index in [1.807, 2.05) is 0 Å². The fourth-order valence-electron chi connectivity index (χ4n) is 3.04. The second-order valence-corrected chi connectivity index (χ2v) is 6.18. The van der Waals surface area contributed by atoms with E-state index in [0.29, 0.717) is 6.04 Å². The predicted molar refractivity (Wildman–Crippen MR) is 90.6 cm³/mol. The summed E-state index contributed by atoms with van der Waals surface area (Å²) in [5, 5.41) is 3.78. The maximum atomic E-state index is 3.78. The maximum absolute atomic E-state index is 3.78. The molecule has 1 unspecified atom stereocenters. The maximum Gasteiger partial charge on any atom is 0.0325 e. The van der Waals surface area contributed by atoms with Crippen molar-refractivity contribution in [1.82, 2.24) is 5.32 Å². The first-order valence-electron chi connectivity index (χ1n) is 8.33. The molecule has 1 rings (SSSR count). The van der Waals surface area contributed by atoms with Crippen LogP contribution >= 0.6 is 0 Å². The third kappa shape index (κ3) is 4.34. The van der Waals surface area contributed by atoms with E-state index in [2.05, 4.69) is 52.9 Å². The molecule has 0 aliphatic rings. The van der Waals surface area contributed by atoms with Crippen molar-refractivity contribution in [2.45, 2.75) is 79.7 Å². The molecule has 0 saturated carbocycles. The van der Waals surface area contributed by atoms with Crippen molar-refractivity contribution >= 4 is 0 Å². The molecule has 0 amide bonds. The van der Waals surface area contributed by atoms with Gasteiger partial charge in [0, 0.05) is 6.04 Å². The molecule has 1 aromatic carbocycles. The molecular weight excluding hydrogens is 242 g/mol. The molecule has 0 spiro atoms. The van der Waals surface area contributed by atoms with Crippen LogP contribution in [0.1, 0.15) is 79.8 Å². The third-order valence-electron chi connectivity index (χ3n) is 4.51. The van der Waals surface area contributed by atoms with Crippen LogP contribution in [0.15, 0.2) is 6.07 Å². The van der Waals surface area contributed by atoms with E-state index in [1.54, 1.807) is 5.56 Å². The minimum absolute atomic E-state index is 0.528. The van der Waals surface area contributed by atoms with Gasteiger partial charge in [-0.2, -0.15) is 0 Å². The van der Waals surface area contributed by atoms with E-state index in [1.165, 1.54) is 54.4 Å². The van der Waals surface area contributed by atoms with Crippen molar-refractivity contribution in [2.24, 2.45) is 0 Å². The van der Waals surface area contributed by atoms with Crippen molar-refractivity contribution in [3.8, 4) is 0 Å². The van der Waals surface area contributed by atoms with Gasteiger partial charge in [-0.25, -0.2) is 0 Å². The van der Waals surface area contributed by atoms with E-state index >= 15 is 0 Å². The fraction of sp³-hybridized carbons (Fsp3) is 0.684. The molecule has 0 heterocycles. The molecule has 0 radical (unpaired) electrons. The summed E-state index contributed by atoms with van der Waals surface area (Å²) in [6.07, 6.45) is 6.42. The van der Waals surface area contributed by atoms with Crippen molar-refractivity contribution in [3.63, 3.8) is 0 Å². The number of nitrogens with one attached hydrogen (secondary N) is 1. The molecule has 0 aliphatic carbocycles. The topological polar surface area (TPSA) is 12.0 Å². The van der Waals surface area contributed by atoms with Gasteiger partial charge in [-0.05, 0) is 74.9 Å². The molecule has 0 aromatic heterocycles. The second kappa shape index (κ2) is 8.46. The Morgan fingerprint density at radius 3 is 2.00 bits per heavy atom. The van der Waals surface area contributed by atoms with Gasteiger partial charge in [0.05, 0.1) is 0 Å². The first-order valence-corrected chi connectivity index (χ1v) is 8.33. The molecule has 1 N–H and O–H groups in total. The lowest BCUT2D eigenvalue weighted by atomic mass is 9.87. The number of hydrogen-bond donors (Lipinski definition) is 1. The van der Waals surface area contributed by atoms with Crippen molar-refractivity contribution in [1.29, 1.82) is 0 Å². The van der Waals surface area contributed by atoms with Crippen LogP contribution in [0, 0.1) is 27.7 Å². The van der Waals surface area contributed by atoms with Crippen LogP contribution in [0.25, 0.3) is 0 Å². The van der Waals surface area contributed by atoms with Crippen LogP contribution in [0.2, 0.25) is 0 Å². The minimum Gasteiger partial charge on any atom is -0.310 e. The van der Waals surface area contributed by atoms with Crippen molar-refractivity contribution < 1.29 is 0 Å². The summed E-state index contributed by atoms with van der Waals surface area (Å²) >= 11 is 0. The summed E-state index contributed by atoms with van der Waals surface area (Å²) in [7, 11) is 0. The summed E-state index contributed by atoms with van der Waals surface area (Å²) in [6.45, 7) is 14.7. The predicted octanol–water partition coefficient (Wildman–Crippen LogP) is 5.54. The Bertz CT molecular complexity index is 394. The van der Waals surface area contributed by atoms with E-state index in [4.69, 9.17) is 0 Å². The number of hydrogen-bond acceptors (Lipinski definition) is 1. The zero-order valence-electron chi connectivity index (χ0n) is 14.4. The lowest BCUT2D eigenvalue weighted by Crippen LogP contribution is -2.24. The summed E-state index contributed by atoms with van der Waals surface area (Å²) in [4.78, 5) is 0. The van der Waals surface area contributed by atoms with E-state index in [9.17, 15) is 0 Å². The van der Waals surface area contributed by atoms with Gasteiger partial charge >= 0.3 is 0 Å². The highest BCUT2D eigenvalue weighted by atomic mass is 14.9. The highest BCUT2D eigenvalue weighted by molar-refractivity contribution is 5.45. The molecule has 0 aliphatic heterocycles. The highest BCUT2D eigenvalue weighted by Crippen LogP contribution is 2.30. The zero-order chi connectivity index (χ0) is 15.1. The van der Waals surface area contributed by atoms with Gasteiger partial charge in [-0.15, -0.1) is 0 Å². The van der Waals surface area contributed by atoms with Crippen LogP contribution in [0.5, 0.6) is 0 Å². The number of rotatable bonds is 8. The Labute approximate surface area is 126 Å². The third-order valence-corrected chi connectivity index (χ3v) is 4.51. The number of benzene rings is 1. The quantitative estimate of drug-likeness (QED) is 0.614. The van der Waals surface area contributed by atoms with E-state index in [-0.39, 0.29) is 0 Å². The highest BCUT2D eigenvalue weighted by Gasteiger charge is 2.17. The lowest BCUT2D eigenvalue weighted by Gasteiger charge is -2.25. The molecule has 0 saturated heterocycles. The average molecular weight is 275 g/mol. The normalized spacial score (nSPS) is 12.7. The Morgan fingerprint density at radius 1 is 0.900 bits per heavy atom. The zero-order valence-corrected chi connectivity index (χ0v) is 14.4. The second-order valence-electron chi connectivity index (χ2n) is 6.18. The smallest absolute Gasteiger partial charge is 0.0325 e. The van der Waals surface area contributed by atoms with Gasteiger partial charge in [0.25, 0.3) is 0 Å². The standard InChI is InChI=1S/C19H33N/c1-7-9-10-11-18(20-12-8-2)19-16(5)14(3)13-15(4)17(19)6/h13,18,20H,7-12H2,1-6H3. The minimum atomic E-state index is 0.528. The van der Waals surface area contributed by atoms with Gasteiger partial charge in [0.2, 0.25) is 0 Å². The molecule has 20 heavy (non-hydrogen) atoms. The summed E-state index contributed by atoms with van der Waals surface area (Å²) in [5.74, 6) is 0. The summed E-state index contributed by atoms with van der Waals surface area (Å²) < 4.78 is 0. The van der Waals surface area contributed by atoms with Crippen LogP contribution in [-0.4, -0.2) is 6.54 Å². The number of aryl methyl sites for hydroxylation is 2. The van der Waals surface area contributed by atoms with Gasteiger partial charge in [0.1, 0.15) is 0 Å². The van der Waals surface area contributed by atoms with Gasteiger partial charge in [0.15, 0.2) is 0 Å². The number of unbranched alkanes of at least 4 members (excludes halogenated alkanes) is 2. The molecular formula is C19H33N. The molecule has 0 bridgehead atoms. The summed E-state index contributed by atoms with van der Waals surface area (Å²) in [6, 6.07) is 2.86. The van der Waals surface area contributed by atoms with Crippen LogP contribution in [0.3, 0.4) is 0 Å². The molecule has 1 nitrogen and oxygen atoms in total. The van der Waals surface area contributed by atoms with E-state index in [0.717, 1.165) is 6.54 Å². The van der Waals surface area contributed by atoms with Crippen LogP contribution < -0.4 is 5.32 Å². The monoisotopic (exact) mass is 275 g/mol. The van der Waals surface area contributed by atoms with Crippen LogP contribution in [0.4, 0.5) is 0 Å². The first kappa shape index (κ1) is 17.2. The molecule has 114 valence electrons. The SMILES string of the molecule is CCCCCC(NCCC)c1c(C)c(C)cc(C)c1C. The van der Waals surface area contributed by atoms with Gasteiger partial charge in [-0.3, -0.25) is 0 Å². The summed E-state index contributed by atoms with van der Waals surface area (Å²) in [5.41, 5.74) is 7.40. The molecule has 1 atom stereocenters. The Kier molecular flexibility index (Phi) is 7.29. The largest absolute Gasteiger partial charge is 0.310 e. The Hall–Kier alpha value is -0.820. The van der Waals surface area contributed by atoms with Crippen molar-refractivity contribution in [2.75, 3.05) is 6.54 Å². The Balaban J connectivity index is 3.05. The average Bonchev–Trinajstić information content (AvgIpc) is 2.42. The van der Waals surface area contributed by atoms with Crippen molar-refractivity contribution in [3.05, 3.63) is 33.9 Å². The Morgan fingerprint density at radius 2 is 1.50 bits per heavy atom. The molecule has 0 fully saturated rings.